The number of rotatable bonds is 2. The summed E-state index contributed by atoms with van der Waals surface area (Å²) in [5.41, 5.74) is 8.15. The first-order valence-corrected chi connectivity index (χ1v) is 6.68. The van der Waals surface area contributed by atoms with Crippen molar-refractivity contribution in [3.63, 3.8) is 0 Å². The largest absolute Gasteiger partial charge is 0.326 e. The fourth-order valence-corrected chi connectivity index (χ4v) is 2.69. The van der Waals surface area contributed by atoms with E-state index in [1.807, 2.05) is 12.1 Å². The van der Waals surface area contributed by atoms with Crippen LogP contribution in [-0.2, 0) is 6.54 Å². The Kier molecular flexibility index (Phi) is 4.41. The normalized spacial score (nSPS) is 10.7. The third kappa shape index (κ3) is 2.47. The summed E-state index contributed by atoms with van der Waals surface area (Å²) in [7, 11) is 0. The molecule has 94 valence electrons. The Labute approximate surface area is 125 Å². The predicted molar refractivity (Wildman–Crippen MR) is 79.8 cm³/mol. The van der Waals surface area contributed by atoms with Gasteiger partial charge in [-0.1, -0.05) is 64.6 Å². The van der Waals surface area contributed by atoms with E-state index in [-0.39, 0.29) is 0 Å². The summed E-state index contributed by atoms with van der Waals surface area (Å²) in [5.74, 6) is 0. The molecule has 1 nitrogen and oxygen atoms in total. The molecule has 0 saturated heterocycles. The number of hydrogen-bond acceptors (Lipinski definition) is 1. The highest BCUT2D eigenvalue weighted by atomic mass is 35.5. The van der Waals surface area contributed by atoms with Crippen molar-refractivity contribution in [1.82, 2.24) is 0 Å². The van der Waals surface area contributed by atoms with E-state index in [0.717, 1.165) is 16.7 Å². The molecule has 2 N–H and O–H groups in total. The molecule has 5 heteroatoms. The van der Waals surface area contributed by atoms with E-state index in [4.69, 9.17) is 52.1 Å². The van der Waals surface area contributed by atoms with E-state index in [1.165, 1.54) is 0 Å². The summed E-state index contributed by atoms with van der Waals surface area (Å²) in [6.45, 7) is 0.368. The first-order chi connectivity index (χ1) is 8.56. The lowest BCUT2D eigenvalue weighted by atomic mass is 9.99. The van der Waals surface area contributed by atoms with Crippen LogP contribution in [0.3, 0.4) is 0 Å². The zero-order valence-electron chi connectivity index (χ0n) is 9.18. The minimum absolute atomic E-state index is 0.318. The van der Waals surface area contributed by atoms with Crippen molar-refractivity contribution in [1.29, 1.82) is 0 Å². The van der Waals surface area contributed by atoms with Gasteiger partial charge in [0.15, 0.2) is 0 Å². The molecule has 0 saturated carbocycles. The van der Waals surface area contributed by atoms with Gasteiger partial charge in [-0.3, -0.25) is 0 Å². The summed E-state index contributed by atoms with van der Waals surface area (Å²) in [5, 5.41) is 1.69. The maximum atomic E-state index is 6.22. The Morgan fingerprint density at radius 1 is 0.833 bits per heavy atom. The zero-order chi connectivity index (χ0) is 13.3. The van der Waals surface area contributed by atoms with Crippen molar-refractivity contribution in [2.75, 3.05) is 0 Å². The maximum Gasteiger partial charge on any atom is 0.0784 e. The van der Waals surface area contributed by atoms with Gasteiger partial charge in [0.2, 0.25) is 0 Å². The van der Waals surface area contributed by atoms with E-state index in [2.05, 4.69) is 0 Å². The summed E-state index contributed by atoms with van der Waals surface area (Å²) in [4.78, 5) is 0. The standard InChI is InChI=1S/C13H9Cl4N/c14-9-3-1-2-7(6-18)11(9)8-4-5-10(15)13(17)12(8)16/h1-5H,6,18H2. The molecule has 0 heterocycles. The molecule has 0 aliphatic rings. The first-order valence-electron chi connectivity index (χ1n) is 5.17. The van der Waals surface area contributed by atoms with Gasteiger partial charge in [-0.15, -0.1) is 0 Å². The van der Waals surface area contributed by atoms with Crippen LogP contribution < -0.4 is 5.73 Å². The van der Waals surface area contributed by atoms with E-state index in [1.54, 1.807) is 18.2 Å². The molecule has 0 aliphatic heterocycles. The fraction of sp³-hybridized carbons (Fsp3) is 0.0769. The highest BCUT2D eigenvalue weighted by Crippen LogP contribution is 2.41. The molecular formula is C13H9Cl4N. The Hall–Kier alpha value is -0.440. The van der Waals surface area contributed by atoms with Crippen molar-refractivity contribution in [2.24, 2.45) is 5.73 Å². The maximum absolute atomic E-state index is 6.22. The second-order valence-corrected chi connectivity index (χ2v) is 5.27. The average molecular weight is 321 g/mol. The van der Waals surface area contributed by atoms with Crippen LogP contribution in [0.5, 0.6) is 0 Å². The van der Waals surface area contributed by atoms with Crippen LogP contribution in [0.1, 0.15) is 5.56 Å². The lowest BCUT2D eigenvalue weighted by Gasteiger charge is -2.13. The van der Waals surface area contributed by atoms with E-state index >= 15 is 0 Å². The Bertz CT molecular complexity index is 596. The van der Waals surface area contributed by atoms with E-state index in [0.29, 0.717) is 26.6 Å². The van der Waals surface area contributed by atoms with Crippen molar-refractivity contribution in [2.45, 2.75) is 6.54 Å². The highest BCUT2D eigenvalue weighted by molar-refractivity contribution is 6.49. The topological polar surface area (TPSA) is 26.0 Å². The summed E-state index contributed by atoms with van der Waals surface area (Å²) in [6.07, 6.45) is 0. The lowest BCUT2D eigenvalue weighted by molar-refractivity contribution is 1.07. The van der Waals surface area contributed by atoms with Crippen LogP contribution >= 0.6 is 46.4 Å². The molecule has 0 radical (unpaired) electrons. The minimum Gasteiger partial charge on any atom is -0.326 e. The Morgan fingerprint density at radius 3 is 2.22 bits per heavy atom. The Balaban J connectivity index is 2.73. The SMILES string of the molecule is NCc1cccc(Cl)c1-c1ccc(Cl)c(Cl)c1Cl. The van der Waals surface area contributed by atoms with Gasteiger partial charge in [0, 0.05) is 22.7 Å². The number of hydrogen-bond donors (Lipinski definition) is 1. The monoisotopic (exact) mass is 319 g/mol. The summed E-state index contributed by atoms with van der Waals surface area (Å²) >= 11 is 24.4. The highest BCUT2D eigenvalue weighted by Gasteiger charge is 2.15. The zero-order valence-corrected chi connectivity index (χ0v) is 12.2. The number of benzene rings is 2. The first kappa shape index (κ1) is 14.0. The van der Waals surface area contributed by atoms with E-state index < -0.39 is 0 Å². The van der Waals surface area contributed by atoms with Gasteiger partial charge in [-0.2, -0.15) is 0 Å². The van der Waals surface area contributed by atoms with Crippen LogP contribution in [0.25, 0.3) is 11.1 Å². The molecule has 2 aromatic rings. The lowest BCUT2D eigenvalue weighted by Crippen LogP contribution is -1.99. The smallest absolute Gasteiger partial charge is 0.0784 e. The Morgan fingerprint density at radius 2 is 1.56 bits per heavy atom. The van der Waals surface area contributed by atoms with Crippen LogP contribution in [-0.4, -0.2) is 0 Å². The van der Waals surface area contributed by atoms with Gasteiger partial charge in [0.25, 0.3) is 0 Å². The molecule has 2 aromatic carbocycles. The molecule has 0 fully saturated rings. The average Bonchev–Trinajstić information content (AvgIpc) is 2.37. The molecule has 0 atom stereocenters. The van der Waals surface area contributed by atoms with Gasteiger partial charge < -0.3 is 5.73 Å². The molecule has 0 bridgehead atoms. The molecule has 0 amide bonds. The van der Waals surface area contributed by atoms with Crippen molar-refractivity contribution < 1.29 is 0 Å². The third-order valence-electron chi connectivity index (χ3n) is 2.62. The summed E-state index contributed by atoms with van der Waals surface area (Å²) < 4.78 is 0. The fourth-order valence-electron chi connectivity index (χ4n) is 1.76. The van der Waals surface area contributed by atoms with E-state index in [9.17, 15) is 0 Å². The summed E-state index contributed by atoms with van der Waals surface area (Å²) in [6, 6.07) is 9.01. The van der Waals surface area contributed by atoms with Crippen LogP contribution in [0.2, 0.25) is 20.1 Å². The second-order valence-electron chi connectivity index (χ2n) is 3.70. The minimum atomic E-state index is 0.318. The van der Waals surface area contributed by atoms with Gasteiger partial charge in [-0.25, -0.2) is 0 Å². The van der Waals surface area contributed by atoms with Crippen molar-refractivity contribution >= 4 is 46.4 Å². The molecular weight excluding hydrogens is 312 g/mol. The molecule has 2 rings (SSSR count). The van der Waals surface area contributed by atoms with Crippen molar-refractivity contribution in [3.8, 4) is 11.1 Å². The number of halogens is 4. The third-order valence-corrected chi connectivity index (χ3v) is 4.23. The van der Waals surface area contributed by atoms with Crippen LogP contribution in [0, 0.1) is 0 Å². The quantitative estimate of drug-likeness (QED) is 0.734. The molecule has 18 heavy (non-hydrogen) atoms. The molecule has 0 aliphatic carbocycles. The second kappa shape index (κ2) is 5.68. The van der Waals surface area contributed by atoms with Gasteiger partial charge >= 0.3 is 0 Å². The van der Waals surface area contributed by atoms with Gasteiger partial charge in [0.1, 0.15) is 0 Å². The predicted octanol–water partition coefficient (Wildman–Crippen LogP) is 5.43. The van der Waals surface area contributed by atoms with Gasteiger partial charge in [-0.05, 0) is 17.7 Å². The molecule has 0 aromatic heterocycles. The number of nitrogens with two attached hydrogens (primary N) is 1. The van der Waals surface area contributed by atoms with Crippen LogP contribution in [0.15, 0.2) is 30.3 Å². The van der Waals surface area contributed by atoms with Crippen molar-refractivity contribution in [3.05, 3.63) is 56.0 Å². The van der Waals surface area contributed by atoms with Crippen LogP contribution in [0.4, 0.5) is 0 Å². The van der Waals surface area contributed by atoms with Gasteiger partial charge in [0.05, 0.1) is 15.1 Å². The molecule has 0 spiro atoms. The molecule has 0 unspecified atom stereocenters.